The Balaban J connectivity index is 2.82. The van der Waals surface area contributed by atoms with Crippen LogP contribution in [0.4, 0.5) is 0 Å². The van der Waals surface area contributed by atoms with Crippen LogP contribution < -0.4 is 0 Å². The number of aliphatic carboxylic acids is 1. The average Bonchev–Trinajstić information content (AvgIpc) is 2.40. The molecule has 15 heavy (non-hydrogen) atoms. The summed E-state index contributed by atoms with van der Waals surface area (Å²) in [6.45, 7) is 2.10. The Labute approximate surface area is 97.4 Å². The normalized spacial score (nSPS) is 10.6. The van der Waals surface area contributed by atoms with Gasteiger partial charge in [-0.2, -0.15) is 5.10 Å². The van der Waals surface area contributed by atoms with E-state index in [0.717, 1.165) is 28.7 Å². The summed E-state index contributed by atoms with van der Waals surface area (Å²) in [6, 6.07) is 0. The fourth-order valence-corrected chi connectivity index (χ4v) is 2.22. The number of aryl methyl sites for hydroxylation is 2. The molecule has 0 radical (unpaired) electrons. The lowest BCUT2D eigenvalue weighted by atomic mass is 10.2. The zero-order chi connectivity index (χ0) is 11.4. The van der Waals surface area contributed by atoms with Gasteiger partial charge in [-0.25, -0.2) is 0 Å². The van der Waals surface area contributed by atoms with Crippen molar-refractivity contribution in [2.45, 2.75) is 32.6 Å². The van der Waals surface area contributed by atoms with Crippen LogP contribution in [0.2, 0.25) is 0 Å². The highest BCUT2D eigenvalue weighted by molar-refractivity contribution is 9.10. The molecule has 1 N–H and O–H groups in total. The third kappa shape index (κ3) is 3.06. The van der Waals surface area contributed by atoms with E-state index in [1.807, 2.05) is 7.05 Å². The van der Waals surface area contributed by atoms with Crippen molar-refractivity contribution in [1.82, 2.24) is 9.78 Å². The van der Waals surface area contributed by atoms with Gasteiger partial charge in [-0.05, 0) is 22.4 Å². The number of rotatable bonds is 5. The molecule has 0 atom stereocenters. The number of nitrogens with zero attached hydrogens (tertiary/aromatic N) is 2. The van der Waals surface area contributed by atoms with Gasteiger partial charge in [-0.3, -0.25) is 9.48 Å². The first-order valence-corrected chi connectivity index (χ1v) is 5.77. The van der Waals surface area contributed by atoms with Gasteiger partial charge in [0.25, 0.3) is 0 Å². The highest BCUT2D eigenvalue weighted by atomic mass is 79.9. The minimum absolute atomic E-state index is 0.143. The number of hydrogen-bond donors (Lipinski definition) is 1. The Hall–Kier alpha value is -0.840. The standard InChI is InChI=1S/C10H15BrN2O2/c1-3-4-7-10(11)8(13(2)12-7)5-6-9(14)15/h3-6H2,1-2H3,(H,14,15). The molecule has 1 rings (SSSR count). The smallest absolute Gasteiger partial charge is 0.303 e. The van der Waals surface area contributed by atoms with Gasteiger partial charge in [0.2, 0.25) is 0 Å². The van der Waals surface area contributed by atoms with Crippen LogP contribution >= 0.6 is 15.9 Å². The van der Waals surface area contributed by atoms with Crippen LogP contribution in [0.1, 0.15) is 31.2 Å². The molecule has 84 valence electrons. The second-order valence-corrected chi connectivity index (χ2v) is 4.27. The molecule has 0 fully saturated rings. The summed E-state index contributed by atoms with van der Waals surface area (Å²) in [5.41, 5.74) is 1.97. The van der Waals surface area contributed by atoms with Crippen LogP contribution in [0.15, 0.2) is 4.47 Å². The summed E-state index contributed by atoms with van der Waals surface area (Å²) in [5.74, 6) is -0.778. The molecule has 0 aliphatic heterocycles. The highest BCUT2D eigenvalue weighted by Gasteiger charge is 2.13. The zero-order valence-electron chi connectivity index (χ0n) is 8.96. The minimum atomic E-state index is -0.778. The van der Waals surface area contributed by atoms with Crippen LogP contribution in [0.5, 0.6) is 0 Å². The van der Waals surface area contributed by atoms with Crippen LogP contribution in [0.3, 0.4) is 0 Å². The van der Waals surface area contributed by atoms with E-state index in [-0.39, 0.29) is 6.42 Å². The number of carbonyl (C=O) groups is 1. The number of halogens is 1. The summed E-state index contributed by atoms with van der Waals surface area (Å²) in [5, 5.41) is 13.0. The molecule has 5 heteroatoms. The maximum atomic E-state index is 10.5. The molecule has 1 aromatic heterocycles. The van der Waals surface area contributed by atoms with Gasteiger partial charge < -0.3 is 5.11 Å². The van der Waals surface area contributed by atoms with Gasteiger partial charge >= 0.3 is 5.97 Å². The zero-order valence-corrected chi connectivity index (χ0v) is 10.5. The van der Waals surface area contributed by atoms with Gasteiger partial charge in [0.1, 0.15) is 0 Å². The van der Waals surface area contributed by atoms with Gasteiger partial charge in [0.05, 0.1) is 22.3 Å². The van der Waals surface area contributed by atoms with Crippen LogP contribution in [0.25, 0.3) is 0 Å². The fraction of sp³-hybridized carbons (Fsp3) is 0.600. The van der Waals surface area contributed by atoms with E-state index in [1.165, 1.54) is 0 Å². The summed E-state index contributed by atoms with van der Waals surface area (Å²) in [6.07, 6.45) is 2.61. The van der Waals surface area contributed by atoms with E-state index in [1.54, 1.807) is 4.68 Å². The second-order valence-electron chi connectivity index (χ2n) is 3.47. The second kappa shape index (κ2) is 5.30. The van der Waals surface area contributed by atoms with Crippen molar-refractivity contribution in [3.63, 3.8) is 0 Å². The van der Waals surface area contributed by atoms with Gasteiger partial charge in [0, 0.05) is 13.5 Å². The molecule has 0 aromatic carbocycles. The molecule has 0 aliphatic carbocycles. The topological polar surface area (TPSA) is 55.1 Å². The van der Waals surface area contributed by atoms with E-state index in [0.29, 0.717) is 6.42 Å². The van der Waals surface area contributed by atoms with E-state index < -0.39 is 5.97 Å². The molecular weight excluding hydrogens is 260 g/mol. The quantitative estimate of drug-likeness (QED) is 0.895. The van der Waals surface area contributed by atoms with Crippen LogP contribution in [-0.2, 0) is 24.7 Å². The van der Waals surface area contributed by atoms with Crippen LogP contribution in [-0.4, -0.2) is 20.9 Å². The molecule has 0 aliphatic rings. The largest absolute Gasteiger partial charge is 0.481 e. The van der Waals surface area contributed by atoms with Crippen molar-refractivity contribution in [3.05, 3.63) is 15.9 Å². The van der Waals surface area contributed by atoms with E-state index in [9.17, 15) is 4.79 Å². The first kappa shape index (κ1) is 12.2. The number of carboxylic acids is 1. The molecule has 0 saturated heterocycles. The molecule has 1 aromatic rings. The number of aromatic nitrogens is 2. The number of carboxylic acid groups (broad SMARTS) is 1. The molecule has 1 heterocycles. The molecule has 0 unspecified atom stereocenters. The first-order chi connectivity index (χ1) is 7.06. The monoisotopic (exact) mass is 274 g/mol. The van der Waals surface area contributed by atoms with Crippen molar-refractivity contribution in [2.75, 3.05) is 0 Å². The van der Waals surface area contributed by atoms with Crippen molar-refractivity contribution in [2.24, 2.45) is 7.05 Å². The molecule has 0 saturated carbocycles. The predicted octanol–water partition coefficient (Wildman–Crippen LogP) is 2.15. The van der Waals surface area contributed by atoms with Crippen molar-refractivity contribution in [3.8, 4) is 0 Å². The highest BCUT2D eigenvalue weighted by Crippen LogP contribution is 2.23. The fourth-order valence-electron chi connectivity index (χ4n) is 1.49. The summed E-state index contributed by atoms with van der Waals surface area (Å²) in [4.78, 5) is 10.5. The Kier molecular flexibility index (Phi) is 4.32. The molecule has 0 amide bonds. The average molecular weight is 275 g/mol. The third-order valence-electron chi connectivity index (χ3n) is 2.23. The summed E-state index contributed by atoms with van der Waals surface area (Å²) in [7, 11) is 1.85. The van der Waals surface area contributed by atoms with Crippen LogP contribution in [0, 0.1) is 0 Å². The van der Waals surface area contributed by atoms with E-state index >= 15 is 0 Å². The lowest BCUT2D eigenvalue weighted by Gasteiger charge is -1.99. The van der Waals surface area contributed by atoms with Gasteiger partial charge in [-0.15, -0.1) is 0 Å². The number of hydrogen-bond acceptors (Lipinski definition) is 2. The Morgan fingerprint density at radius 3 is 2.73 bits per heavy atom. The Morgan fingerprint density at radius 2 is 2.20 bits per heavy atom. The molecule has 0 spiro atoms. The first-order valence-electron chi connectivity index (χ1n) is 4.98. The summed E-state index contributed by atoms with van der Waals surface area (Å²) < 4.78 is 2.73. The lowest BCUT2D eigenvalue weighted by Crippen LogP contribution is -2.03. The molecule has 0 bridgehead atoms. The van der Waals surface area contributed by atoms with Crippen molar-refractivity contribution >= 4 is 21.9 Å². The summed E-state index contributed by atoms with van der Waals surface area (Å²) >= 11 is 3.48. The van der Waals surface area contributed by atoms with Crippen molar-refractivity contribution < 1.29 is 9.90 Å². The molecular formula is C10H15BrN2O2. The van der Waals surface area contributed by atoms with Crippen molar-refractivity contribution in [1.29, 1.82) is 0 Å². The minimum Gasteiger partial charge on any atom is -0.481 e. The van der Waals surface area contributed by atoms with E-state index in [2.05, 4.69) is 28.0 Å². The predicted molar refractivity (Wildman–Crippen MR) is 60.9 cm³/mol. The maximum Gasteiger partial charge on any atom is 0.303 e. The van der Waals surface area contributed by atoms with Gasteiger partial charge in [-0.1, -0.05) is 13.3 Å². The maximum absolute atomic E-state index is 10.5. The molecule has 4 nitrogen and oxygen atoms in total. The Bertz CT molecular complexity index is 361. The van der Waals surface area contributed by atoms with Gasteiger partial charge in [0.15, 0.2) is 0 Å². The SMILES string of the molecule is CCCc1nn(C)c(CCC(=O)O)c1Br. The third-order valence-corrected chi connectivity index (χ3v) is 3.15. The Morgan fingerprint density at radius 1 is 1.53 bits per heavy atom. The lowest BCUT2D eigenvalue weighted by molar-refractivity contribution is -0.136. The van der Waals surface area contributed by atoms with E-state index in [4.69, 9.17) is 5.11 Å².